The van der Waals surface area contributed by atoms with Crippen LogP contribution in [-0.2, 0) is 6.54 Å². The molecule has 0 amide bonds. The minimum atomic E-state index is 0.0672. The SMILES string of the molecule is COc1ccc(C(=O)C[n+]2cccc(C)c2/C=C/c2ccccc2)cc1. The van der Waals surface area contributed by atoms with Crippen LogP contribution in [0.1, 0.15) is 27.2 Å². The van der Waals surface area contributed by atoms with Crippen LogP contribution < -0.4 is 9.30 Å². The van der Waals surface area contributed by atoms with Gasteiger partial charge in [0, 0.05) is 23.3 Å². The Hall–Kier alpha value is -3.20. The highest BCUT2D eigenvalue weighted by atomic mass is 16.5. The Morgan fingerprint density at radius 1 is 0.962 bits per heavy atom. The first-order chi connectivity index (χ1) is 12.7. The van der Waals surface area contributed by atoms with Crippen molar-refractivity contribution in [2.45, 2.75) is 13.5 Å². The average molecular weight is 344 g/mol. The van der Waals surface area contributed by atoms with E-state index in [9.17, 15) is 4.79 Å². The lowest BCUT2D eigenvalue weighted by Crippen LogP contribution is -2.41. The molecule has 130 valence electrons. The van der Waals surface area contributed by atoms with E-state index in [0.717, 1.165) is 22.6 Å². The molecule has 0 fully saturated rings. The molecule has 3 rings (SSSR count). The Morgan fingerprint density at radius 3 is 2.38 bits per heavy atom. The molecule has 3 nitrogen and oxygen atoms in total. The molecule has 0 spiro atoms. The summed E-state index contributed by atoms with van der Waals surface area (Å²) >= 11 is 0. The van der Waals surface area contributed by atoms with Crippen molar-refractivity contribution in [2.75, 3.05) is 7.11 Å². The summed E-state index contributed by atoms with van der Waals surface area (Å²) in [6, 6.07) is 21.4. The van der Waals surface area contributed by atoms with E-state index < -0.39 is 0 Å². The van der Waals surface area contributed by atoms with Gasteiger partial charge >= 0.3 is 0 Å². The third kappa shape index (κ3) is 4.25. The fourth-order valence-electron chi connectivity index (χ4n) is 2.81. The zero-order valence-electron chi connectivity index (χ0n) is 15.1. The van der Waals surface area contributed by atoms with Crippen molar-refractivity contribution in [3.63, 3.8) is 0 Å². The number of pyridine rings is 1. The van der Waals surface area contributed by atoms with Crippen LogP contribution >= 0.6 is 0 Å². The Balaban J connectivity index is 1.84. The lowest BCUT2D eigenvalue weighted by Gasteiger charge is -2.05. The second-order valence-electron chi connectivity index (χ2n) is 6.10. The number of ketones is 1. The summed E-state index contributed by atoms with van der Waals surface area (Å²) in [6.07, 6.45) is 6.07. The molecule has 3 heteroatoms. The molecule has 0 radical (unpaired) electrons. The monoisotopic (exact) mass is 344 g/mol. The number of aryl methyl sites for hydroxylation is 1. The maximum atomic E-state index is 12.7. The highest BCUT2D eigenvalue weighted by molar-refractivity contribution is 5.95. The maximum Gasteiger partial charge on any atom is 0.227 e. The van der Waals surface area contributed by atoms with Gasteiger partial charge in [0.15, 0.2) is 6.20 Å². The van der Waals surface area contributed by atoms with Crippen molar-refractivity contribution in [3.8, 4) is 5.75 Å². The van der Waals surface area contributed by atoms with Crippen molar-refractivity contribution in [1.82, 2.24) is 0 Å². The van der Waals surface area contributed by atoms with Crippen LogP contribution in [0, 0.1) is 6.92 Å². The fraction of sp³-hybridized carbons (Fsp3) is 0.130. The zero-order valence-corrected chi connectivity index (χ0v) is 15.1. The molecule has 1 heterocycles. The van der Waals surface area contributed by atoms with Gasteiger partial charge in [0.2, 0.25) is 18.0 Å². The second kappa shape index (κ2) is 8.26. The number of ether oxygens (including phenoxy) is 1. The van der Waals surface area contributed by atoms with Gasteiger partial charge in [-0.2, -0.15) is 4.57 Å². The van der Waals surface area contributed by atoms with E-state index in [1.54, 1.807) is 19.2 Å². The number of rotatable bonds is 6. The Kier molecular flexibility index (Phi) is 5.59. The number of methoxy groups -OCH3 is 1. The molecule has 0 aliphatic heterocycles. The fourth-order valence-corrected chi connectivity index (χ4v) is 2.81. The first-order valence-electron chi connectivity index (χ1n) is 8.57. The predicted octanol–water partition coefficient (Wildman–Crippen LogP) is 4.34. The van der Waals surface area contributed by atoms with E-state index in [1.807, 2.05) is 47.2 Å². The highest BCUT2D eigenvalue weighted by Crippen LogP contribution is 2.13. The predicted molar refractivity (Wildman–Crippen MR) is 104 cm³/mol. The number of benzene rings is 2. The third-order valence-electron chi connectivity index (χ3n) is 4.28. The van der Waals surface area contributed by atoms with Gasteiger partial charge in [-0.05, 0) is 48.9 Å². The van der Waals surface area contributed by atoms with Gasteiger partial charge in [0.1, 0.15) is 5.75 Å². The van der Waals surface area contributed by atoms with E-state index in [2.05, 4.69) is 37.3 Å². The van der Waals surface area contributed by atoms with Gasteiger partial charge in [-0.1, -0.05) is 30.3 Å². The average Bonchev–Trinajstić information content (AvgIpc) is 2.68. The van der Waals surface area contributed by atoms with Crippen LogP contribution in [0.5, 0.6) is 5.75 Å². The molecule has 0 bridgehead atoms. The van der Waals surface area contributed by atoms with Gasteiger partial charge in [-0.15, -0.1) is 0 Å². The Morgan fingerprint density at radius 2 is 1.69 bits per heavy atom. The lowest BCUT2D eigenvalue weighted by molar-refractivity contribution is -0.685. The minimum absolute atomic E-state index is 0.0672. The van der Waals surface area contributed by atoms with Crippen LogP contribution in [0.3, 0.4) is 0 Å². The number of hydrogen-bond acceptors (Lipinski definition) is 2. The standard InChI is InChI=1S/C23H22NO2/c1-18-7-6-16-24(22(18)15-10-19-8-4-3-5-9-19)17-23(25)20-11-13-21(26-2)14-12-20/h3-16H,17H2,1-2H3/q+1/b15-10+. The third-order valence-corrected chi connectivity index (χ3v) is 4.28. The van der Waals surface area contributed by atoms with Crippen molar-refractivity contribution in [1.29, 1.82) is 0 Å². The Labute approximate surface area is 154 Å². The van der Waals surface area contributed by atoms with Gasteiger partial charge in [-0.3, -0.25) is 4.79 Å². The topological polar surface area (TPSA) is 30.2 Å². The number of nitrogens with zero attached hydrogens (tertiary/aromatic N) is 1. The van der Waals surface area contributed by atoms with Crippen LogP contribution in [0.15, 0.2) is 72.9 Å². The molecular formula is C23H22NO2+. The first-order valence-corrected chi connectivity index (χ1v) is 8.57. The highest BCUT2D eigenvalue weighted by Gasteiger charge is 2.16. The van der Waals surface area contributed by atoms with E-state index >= 15 is 0 Å². The molecule has 0 atom stereocenters. The summed E-state index contributed by atoms with van der Waals surface area (Å²) in [4.78, 5) is 12.7. The summed E-state index contributed by atoms with van der Waals surface area (Å²) in [7, 11) is 1.62. The van der Waals surface area contributed by atoms with Gasteiger partial charge < -0.3 is 4.74 Å². The molecule has 0 aliphatic rings. The summed E-state index contributed by atoms with van der Waals surface area (Å²) in [5, 5.41) is 0. The maximum absolute atomic E-state index is 12.7. The number of hydrogen-bond donors (Lipinski definition) is 0. The van der Waals surface area contributed by atoms with Crippen LogP contribution in [-0.4, -0.2) is 12.9 Å². The number of Topliss-reactive ketones (excluding diaryl/α,β-unsaturated/α-hetero) is 1. The van der Waals surface area contributed by atoms with Crippen molar-refractivity contribution in [2.24, 2.45) is 0 Å². The molecule has 2 aromatic carbocycles. The second-order valence-corrected chi connectivity index (χ2v) is 6.10. The van der Waals surface area contributed by atoms with Crippen molar-refractivity contribution >= 4 is 17.9 Å². The normalized spacial score (nSPS) is 10.8. The zero-order chi connectivity index (χ0) is 18.4. The first kappa shape index (κ1) is 17.6. The van der Waals surface area contributed by atoms with Crippen LogP contribution in [0.2, 0.25) is 0 Å². The minimum Gasteiger partial charge on any atom is -0.497 e. The molecule has 0 unspecified atom stereocenters. The van der Waals surface area contributed by atoms with E-state index in [4.69, 9.17) is 4.74 Å². The smallest absolute Gasteiger partial charge is 0.227 e. The van der Waals surface area contributed by atoms with E-state index in [-0.39, 0.29) is 5.78 Å². The largest absolute Gasteiger partial charge is 0.497 e. The van der Waals surface area contributed by atoms with Crippen LogP contribution in [0.4, 0.5) is 0 Å². The summed E-state index contributed by atoms with van der Waals surface area (Å²) in [5.41, 5.74) is 3.96. The molecule has 0 saturated carbocycles. The van der Waals surface area contributed by atoms with Gasteiger partial charge in [-0.25, -0.2) is 0 Å². The quantitative estimate of drug-likeness (QED) is 0.492. The molecule has 1 aromatic heterocycles. The summed E-state index contributed by atoms with van der Waals surface area (Å²) in [6.45, 7) is 2.35. The van der Waals surface area contributed by atoms with Crippen molar-refractivity contribution < 1.29 is 14.1 Å². The molecule has 3 aromatic rings. The number of carbonyl (C=O) groups is 1. The Bertz CT molecular complexity index is 913. The van der Waals surface area contributed by atoms with Gasteiger partial charge in [0.05, 0.1) is 7.11 Å². The molecular weight excluding hydrogens is 322 g/mol. The summed E-state index contributed by atoms with van der Waals surface area (Å²) < 4.78 is 7.14. The van der Waals surface area contributed by atoms with Crippen LogP contribution in [0.25, 0.3) is 12.2 Å². The molecule has 0 N–H and O–H groups in total. The molecule has 0 aliphatic carbocycles. The van der Waals surface area contributed by atoms with Gasteiger partial charge in [0.25, 0.3) is 0 Å². The summed E-state index contributed by atoms with van der Waals surface area (Å²) in [5.74, 6) is 0.814. The van der Waals surface area contributed by atoms with E-state index in [1.165, 1.54) is 0 Å². The van der Waals surface area contributed by atoms with Crippen molar-refractivity contribution in [3.05, 3.63) is 95.3 Å². The van der Waals surface area contributed by atoms with E-state index in [0.29, 0.717) is 12.1 Å². The lowest BCUT2D eigenvalue weighted by atomic mass is 10.1. The molecule has 26 heavy (non-hydrogen) atoms. The number of aromatic nitrogens is 1. The molecule has 0 saturated heterocycles. The number of carbonyl (C=O) groups excluding carboxylic acids is 1.